The Labute approximate surface area is 184 Å². The summed E-state index contributed by atoms with van der Waals surface area (Å²) in [5.74, 6) is -5.40. The Morgan fingerprint density at radius 1 is 0.812 bits per heavy atom. The van der Waals surface area contributed by atoms with Gasteiger partial charge in [-0.2, -0.15) is 8.78 Å². The van der Waals surface area contributed by atoms with Gasteiger partial charge in [0, 0.05) is 11.1 Å². The molecule has 0 N–H and O–H groups in total. The van der Waals surface area contributed by atoms with Crippen LogP contribution in [0.4, 0.5) is 17.6 Å². The van der Waals surface area contributed by atoms with Gasteiger partial charge in [0.25, 0.3) is 0 Å². The van der Waals surface area contributed by atoms with Crippen LogP contribution in [0.25, 0.3) is 11.1 Å². The van der Waals surface area contributed by atoms with Crippen LogP contribution in [0, 0.1) is 23.3 Å². The molecule has 0 heterocycles. The maximum atomic E-state index is 14.7. The summed E-state index contributed by atoms with van der Waals surface area (Å²) in [4.78, 5) is 0. The third kappa shape index (κ3) is 5.19. The van der Waals surface area contributed by atoms with E-state index in [4.69, 9.17) is 9.47 Å². The Hall–Kier alpha value is -3.54. The molecule has 0 radical (unpaired) electrons. The molecule has 0 aliphatic heterocycles. The van der Waals surface area contributed by atoms with Gasteiger partial charge in [-0.05, 0) is 43.0 Å². The van der Waals surface area contributed by atoms with Gasteiger partial charge in [0.2, 0.25) is 11.6 Å². The van der Waals surface area contributed by atoms with Gasteiger partial charge in [-0.25, -0.2) is 8.78 Å². The van der Waals surface area contributed by atoms with Crippen molar-refractivity contribution in [3.8, 4) is 22.6 Å². The molecule has 0 spiro atoms. The molecule has 0 bridgehead atoms. The summed E-state index contributed by atoms with van der Waals surface area (Å²) in [6.07, 6.45) is 6.17. The van der Waals surface area contributed by atoms with E-state index >= 15 is 0 Å². The van der Waals surface area contributed by atoms with Crippen molar-refractivity contribution in [3.63, 3.8) is 0 Å². The fourth-order valence-electron chi connectivity index (χ4n) is 3.06. The van der Waals surface area contributed by atoms with Gasteiger partial charge in [0.15, 0.2) is 23.1 Å². The van der Waals surface area contributed by atoms with Gasteiger partial charge in [0.05, 0.1) is 6.26 Å². The Bertz CT molecular complexity index is 1120. The van der Waals surface area contributed by atoms with Crippen LogP contribution < -0.4 is 9.47 Å². The zero-order valence-electron chi connectivity index (χ0n) is 17.5. The highest BCUT2D eigenvalue weighted by molar-refractivity contribution is 5.65. The number of ether oxygens (including phenoxy) is 2. The summed E-state index contributed by atoms with van der Waals surface area (Å²) in [6.45, 7) is 4.86. The quantitative estimate of drug-likeness (QED) is 0.194. The molecular weight excluding hydrogens is 420 g/mol. The molecule has 0 aliphatic rings. The van der Waals surface area contributed by atoms with Crippen molar-refractivity contribution >= 4 is 0 Å². The zero-order valence-corrected chi connectivity index (χ0v) is 17.5. The molecule has 0 aliphatic carbocycles. The van der Waals surface area contributed by atoms with Crippen LogP contribution in [0.15, 0.2) is 73.5 Å². The number of allylic oxidation sites excluding steroid dienone is 2. The van der Waals surface area contributed by atoms with Crippen LogP contribution in [0.2, 0.25) is 0 Å². The Balaban J connectivity index is 1.76. The van der Waals surface area contributed by atoms with Crippen molar-refractivity contribution in [2.45, 2.75) is 26.4 Å². The van der Waals surface area contributed by atoms with E-state index in [0.717, 1.165) is 24.5 Å². The summed E-state index contributed by atoms with van der Waals surface area (Å²) in [6, 6.07) is 12.3. The number of aryl methyl sites for hydroxylation is 1. The first-order valence-electron chi connectivity index (χ1n) is 10.0. The normalized spacial score (nSPS) is 11.0. The molecule has 0 unspecified atom stereocenters. The van der Waals surface area contributed by atoms with Crippen LogP contribution in [0.5, 0.6) is 11.5 Å². The summed E-state index contributed by atoms with van der Waals surface area (Å²) in [5.41, 5.74) is 1.57. The molecule has 6 heteroatoms. The lowest BCUT2D eigenvalue weighted by molar-refractivity contribution is 0.275. The molecule has 0 fully saturated rings. The predicted molar refractivity (Wildman–Crippen MR) is 116 cm³/mol. The average Bonchev–Trinajstić information content (AvgIpc) is 2.81. The van der Waals surface area contributed by atoms with Crippen LogP contribution in [0.3, 0.4) is 0 Å². The monoisotopic (exact) mass is 442 g/mol. The first kappa shape index (κ1) is 23.1. The van der Waals surface area contributed by atoms with E-state index in [0.29, 0.717) is 5.56 Å². The van der Waals surface area contributed by atoms with E-state index < -0.39 is 35.6 Å². The Morgan fingerprint density at radius 3 is 2.19 bits per heavy atom. The summed E-state index contributed by atoms with van der Waals surface area (Å²) in [7, 11) is 0. The smallest absolute Gasteiger partial charge is 0.205 e. The minimum Gasteiger partial charge on any atom is -0.486 e. The van der Waals surface area contributed by atoms with Crippen LogP contribution in [0.1, 0.15) is 24.5 Å². The molecule has 0 saturated heterocycles. The zero-order chi connectivity index (χ0) is 23.1. The van der Waals surface area contributed by atoms with Crippen molar-refractivity contribution in [3.05, 3.63) is 108 Å². The van der Waals surface area contributed by atoms with Crippen molar-refractivity contribution in [2.75, 3.05) is 0 Å². The minimum absolute atomic E-state index is 0.101. The van der Waals surface area contributed by atoms with Gasteiger partial charge >= 0.3 is 0 Å². The highest BCUT2D eigenvalue weighted by Gasteiger charge is 2.18. The summed E-state index contributed by atoms with van der Waals surface area (Å²) < 4.78 is 67.7. The number of halogens is 4. The van der Waals surface area contributed by atoms with Crippen molar-refractivity contribution in [2.24, 2.45) is 0 Å². The second kappa shape index (κ2) is 10.7. The first-order chi connectivity index (χ1) is 15.5. The Kier molecular flexibility index (Phi) is 7.71. The third-order valence-corrected chi connectivity index (χ3v) is 4.79. The second-order valence-electron chi connectivity index (χ2n) is 6.99. The summed E-state index contributed by atoms with van der Waals surface area (Å²) in [5, 5.41) is 0. The van der Waals surface area contributed by atoms with Gasteiger partial charge in [0.1, 0.15) is 6.61 Å². The molecule has 3 rings (SSSR count). The van der Waals surface area contributed by atoms with E-state index in [1.165, 1.54) is 30.5 Å². The first-order valence-corrected chi connectivity index (χ1v) is 10.0. The highest BCUT2D eigenvalue weighted by Crippen LogP contribution is 2.30. The van der Waals surface area contributed by atoms with Gasteiger partial charge in [-0.1, -0.05) is 48.6 Å². The molecule has 0 amide bonds. The van der Waals surface area contributed by atoms with Crippen molar-refractivity contribution < 1.29 is 27.0 Å². The van der Waals surface area contributed by atoms with Crippen LogP contribution >= 0.6 is 0 Å². The van der Waals surface area contributed by atoms with E-state index in [2.05, 4.69) is 6.58 Å². The van der Waals surface area contributed by atoms with Crippen LogP contribution in [-0.4, -0.2) is 0 Å². The lowest BCUT2D eigenvalue weighted by Gasteiger charge is -2.12. The molecule has 0 aromatic heterocycles. The maximum absolute atomic E-state index is 14.7. The molecular formula is C26H22F4O2. The maximum Gasteiger partial charge on any atom is 0.205 e. The molecule has 32 heavy (non-hydrogen) atoms. The van der Waals surface area contributed by atoms with Gasteiger partial charge in [-0.3, -0.25) is 0 Å². The van der Waals surface area contributed by atoms with E-state index in [1.54, 1.807) is 19.1 Å². The standard InChI is InChI=1S/C26H22F4O2/c1-3-5-6-17-7-9-18(10-8-17)20-12-11-19(23(27)24(20)28)16-32-22-14-13-21(31-15-4-2)25(29)26(22)30/h3-4,7-15H,1,5-6,16H2,2H3. The van der Waals surface area contributed by atoms with E-state index in [1.807, 2.05) is 18.2 Å². The lowest BCUT2D eigenvalue weighted by Crippen LogP contribution is -2.04. The topological polar surface area (TPSA) is 18.5 Å². The minimum atomic E-state index is -1.28. The van der Waals surface area contributed by atoms with Crippen molar-refractivity contribution in [1.82, 2.24) is 0 Å². The SMILES string of the molecule is C=CCCc1ccc(-c2ccc(COc3ccc(OC=CC)c(F)c3F)c(F)c2F)cc1. The van der Waals surface area contributed by atoms with Gasteiger partial charge in [-0.15, -0.1) is 6.58 Å². The lowest BCUT2D eigenvalue weighted by atomic mass is 10.00. The molecule has 3 aromatic rings. The number of hydrogen-bond acceptors (Lipinski definition) is 2. The summed E-state index contributed by atoms with van der Waals surface area (Å²) >= 11 is 0. The second-order valence-corrected chi connectivity index (χ2v) is 6.99. The number of benzene rings is 3. The number of hydrogen-bond donors (Lipinski definition) is 0. The molecule has 166 valence electrons. The van der Waals surface area contributed by atoms with E-state index in [9.17, 15) is 17.6 Å². The third-order valence-electron chi connectivity index (χ3n) is 4.79. The number of rotatable bonds is 9. The van der Waals surface area contributed by atoms with Crippen LogP contribution in [-0.2, 0) is 13.0 Å². The Morgan fingerprint density at radius 2 is 1.50 bits per heavy atom. The largest absolute Gasteiger partial charge is 0.486 e. The van der Waals surface area contributed by atoms with Crippen molar-refractivity contribution in [1.29, 1.82) is 0 Å². The average molecular weight is 442 g/mol. The predicted octanol–water partition coefficient (Wildman–Crippen LogP) is 7.52. The fraction of sp³-hybridized carbons (Fsp3) is 0.154. The highest BCUT2D eigenvalue weighted by atomic mass is 19.2. The van der Waals surface area contributed by atoms with E-state index in [-0.39, 0.29) is 16.9 Å². The van der Waals surface area contributed by atoms with Gasteiger partial charge < -0.3 is 9.47 Å². The molecule has 0 saturated carbocycles. The fourth-order valence-corrected chi connectivity index (χ4v) is 3.06. The molecule has 2 nitrogen and oxygen atoms in total. The molecule has 0 atom stereocenters. The molecule has 3 aromatic carbocycles.